The Morgan fingerprint density at radius 1 is 0.950 bits per heavy atom. The van der Waals surface area contributed by atoms with Gasteiger partial charge in [-0.2, -0.15) is 0 Å². The first-order valence-corrected chi connectivity index (χ1v) is 7.27. The van der Waals surface area contributed by atoms with Crippen LogP contribution in [0.5, 0.6) is 0 Å². The van der Waals surface area contributed by atoms with Gasteiger partial charge in [0.2, 0.25) is 0 Å². The van der Waals surface area contributed by atoms with E-state index in [0.29, 0.717) is 0 Å². The lowest BCUT2D eigenvalue weighted by atomic mass is 10.1. The molecule has 2 aromatic rings. The Bertz CT molecular complexity index is 469. The summed E-state index contributed by atoms with van der Waals surface area (Å²) in [6.07, 6.45) is 1.20. The Hall–Kier alpha value is -1.64. The maximum Gasteiger partial charge on any atom is 0.0796 e. The summed E-state index contributed by atoms with van der Waals surface area (Å²) in [5.74, 6) is 0. The molecule has 0 saturated carbocycles. The van der Waals surface area contributed by atoms with Crippen molar-refractivity contribution in [2.75, 3.05) is 13.2 Å². The Morgan fingerprint density at radius 3 is 2.30 bits per heavy atom. The average molecular weight is 269 g/mol. The fraction of sp³-hybridized carbons (Fsp3) is 0.333. The van der Waals surface area contributed by atoms with Crippen LogP contribution in [0.1, 0.15) is 30.6 Å². The van der Waals surface area contributed by atoms with E-state index >= 15 is 0 Å². The summed E-state index contributed by atoms with van der Waals surface area (Å²) < 4.78 is 5.84. The topological polar surface area (TPSA) is 21.3 Å². The molecule has 20 heavy (non-hydrogen) atoms. The molecule has 2 heteroatoms. The quantitative estimate of drug-likeness (QED) is 0.733. The van der Waals surface area contributed by atoms with Crippen molar-refractivity contribution in [3.05, 3.63) is 71.8 Å². The first-order chi connectivity index (χ1) is 9.86. The van der Waals surface area contributed by atoms with Gasteiger partial charge in [0.05, 0.1) is 6.10 Å². The molecule has 1 N–H and O–H groups in total. The van der Waals surface area contributed by atoms with E-state index < -0.39 is 0 Å². The molecule has 0 spiro atoms. The molecule has 0 radical (unpaired) electrons. The summed E-state index contributed by atoms with van der Waals surface area (Å²) >= 11 is 0. The lowest BCUT2D eigenvalue weighted by Crippen LogP contribution is -2.16. The van der Waals surface area contributed by atoms with Gasteiger partial charge in [0.1, 0.15) is 0 Å². The van der Waals surface area contributed by atoms with Crippen molar-refractivity contribution in [1.82, 2.24) is 5.32 Å². The fourth-order valence-corrected chi connectivity index (χ4v) is 2.11. The second-order valence-electron chi connectivity index (χ2n) is 4.94. The van der Waals surface area contributed by atoms with Gasteiger partial charge >= 0.3 is 0 Å². The first kappa shape index (κ1) is 14.8. The van der Waals surface area contributed by atoms with Gasteiger partial charge in [-0.1, -0.05) is 60.7 Å². The lowest BCUT2D eigenvalue weighted by Gasteiger charge is -2.13. The van der Waals surface area contributed by atoms with E-state index in [1.54, 1.807) is 0 Å². The second kappa shape index (κ2) is 8.51. The number of hydrogen-bond donors (Lipinski definition) is 1. The molecule has 0 aliphatic rings. The zero-order valence-electron chi connectivity index (χ0n) is 12.1. The van der Waals surface area contributed by atoms with Crippen LogP contribution < -0.4 is 5.32 Å². The van der Waals surface area contributed by atoms with Crippen LogP contribution in [-0.4, -0.2) is 13.2 Å². The molecular formula is C18H23NO. The van der Waals surface area contributed by atoms with Gasteiger partial charge < -0.3 is 10.1 Å². The molecular weight excluding hydrogens is 246 g/mol. The molecule has 0 aromatic heterocycles. The normalized spacial score (nSPS) is 12.2. The Balaban J connectivity index is 1.56. The highest BCUT2D eigenvalue weighted by Gasteiger charge is 2.03. The van der Waals surface area contributed by atoms with Gasteiger partial charge in [-0.25, -0.2) is 0 Å². The van der Waals surface area contributed by atoms with Crippen LogP contribution in [0.2, 0.25) is 0 Å². The van der Waals surface area contributed by atoms with Crippen LogP contribution in [-0.2, 0) is 11.3 Å². The summed E-state index contributed by atoms with van der Waals surface area (Å²) in [4.78, 5) is 0. The molecule has 0 fully saturated rings. The fourth-order valence-electron chi connectivity index (χ4n) is 2.11. The third kappa shape index (κ3) is 5.16. The van der Waals surface area contributed by atoms with E-state index in [2.05, 4.69) is 60.8 Å². The van der Waals surface area contributed by atoms with Crippen LogP contribution in [0.15, 0.2) is 60.7 Å². The number of benzene rings is 2. The van der Waals surface area contributed by atoms with Crippen LogP contribution in [0, 0.1) is 0 Å². The third-order valence-corrected chi connectivity index (χ3v) is 3.31. The minimum atomic E-state index is 0.172. The molecule has 1 atom stereocenters. The molecule has 0 amide bonds. The van der Waals surface area contributed by atoms with E-state index in [4.69, 9.17) is 4.74 Å². The molecule has 2 aromatic carbocycles. The molecule has 106 valence electrons. The SMILES string of the molecule is CC(OCCCNCc1ccccc1)c1ccccc1. The summed E-state index contributed by atoms with van der Waals surface area (Å²) in [6.45, 7) is 4.80. The maximum absolute atomic E-state index is 5.84. The molecule has 0 saturated heterocycles. The van der Waals surface area contributed by atoms with Crippen LogP contribution in [0.25, 0.3) is 0 Å². The van der Waals surface area contributed by atoms with Gasteiger partial charge in [-0.3, -0.25) is 0 Å². The molecule has 1 unspecified atom stereocenters. The Labute approximate surface area is 121 Å². The van der Waals surface area contributed by atoms with Crippen molar-refractivity contribution >= 4 is 0 Å². The van der Waals surface area contributed by atoms with Crippen molar-refractivity contribution in [3.63, 3.8) is 0 Å². The zero-order valence-corrected chi connectivity index (χ0v) is 12.1. The molecule has 2 rings (SSSR count). The van der Waals surface area contributed by atoms with Crippen molar-refractivity contribution in [3.8, 4) is 0 Å². The number of rotatable bonds is 8. The smallest absolute Gasteiger partial charge is 0.0796 e. The van der Waals surface area contributed by atoms with Gasteiger partial charge in [0.15, 0.2) is 0 Å². The first-order valence-electron chi connectivity index (χ1n) is 7.27. The third-order valence-electron chi connectivity index (χ3n) is 3.31. The van der Waals surface area contributed by atoms with E-state index in [1.807, 2.05) is 12.1 Å². The van der Waals surface area contributed by atoms with Crippen molar-refractivity contribution in [2.45, 2.75) is 26.0 Å². The standard InChI is InChI=1S/C18H23NO/c1-16(18-11-6-3-7-12-18)20-14-8-13-19-15-17-9-4-2-5-10-17/h2-7,9-12,16,19H,8,13-15H2,1H3. The van der Waals surface area contributed by atoms with E-state index in [0.717, 1.165) is 26.1 Å². The Morgan fingerprint density at radius 2 is 1.60 bits per heavy atom. The lowest BCUT2D eigenvalue weighted by molar-refractivity contribution is 0.0640. The largest absolute Gasteiger partial charge is 0.374 e. The monoisotopic (exact) mass is 269 g/mol. The highest BCUT2D eigenvalue weighted by molar-refractivity contribution is 5.16. The summed E-state index contributed by atoms with van der Waals surface area (Å²) in [5, 5.41) is 3.44. The summed E-state index contributed by atoms with van der Waals surface area (Å²) in [7, 11) is 0. The molecule has 0 heterocycles. The second-order valence-corrected chi connectivity index (χ2v) is 4.94. The zero-order chi connectivity index (χ0) is 14.0. The van der Waals surface area contributed by atoms with Crippen molar-refractivity contribution in [2.24, 2.45) is 0 Å². The van der Waals surface area contributed by atoms with Gasteiger partial charge in [0.25, 0.3) is 0 Å². The summed E-state index contributed by atoms with van der Waals surface area (Å²) in [5.41, 5.74) is 2.57. The minimum Gasteiger partial charge on any atom is -0.374 e. The number of ether oxygens (including phenoxy) is 1. The van der Waals surface area contributed by atoms with Crippen LogP contribution >= 0.6 is 0 Å². The number of nitrogens with one attached hydrogen (secondary N) is 1. The predicted molar refractivity (Wildman–Crippen MR) is 83.6 cm³/mol. The molecule has 0 bridgehead atoms. The molecule has 0 aliphatic carbocycles. The highest BCUT2D eigenvalue weighted by Crippen LogP contribution is 2.15. The van der Waals surface area contributed by atoms with Crippen LogP contribution in [0.3, 0.4) is 0 Å². The Kier molecular flexibility index (Phi) is 6.28. The van der Waals surface area contributed by atoms with Crippen LogP contribution in [0.4, 0.5) is 0 Å². The number of hydrogen-bond acceptors (Lipinski definition) is 2. The van der Waals surface area contributed by atoms with Gasteiger partial charge in [0, 0.05) is 13.2 Å². The minimum absolute atomic E-state index is 0.172. The van der Waals surface area contributed by atoms with Crippen molar-refractivity contribution < 1.29 is 4.74 Å². The highest BCUT2D eigenvalue weighted by atomic mass is 16.5. The van der Waals surface area contributed by atoms with Crippen molar-refractivity contribution in [1.29, 1.82) is 0 Å². The van der Waals surface area contributed by atoms with Gasteiger partial charge in [-0.05, 0) is 31.0 Å². The average Bonchev–Trinajstić information content (AvgIpc) is 2.52. The van der Waals surface area contributed by atoms with E-state index in [9.17, 15) is 0 Å². The van der Waals surface area contributed by atoms with Gasteiger partial charge in [-0.15, -0.1) is 0 Å². The predicted octanol–water partition coefficient (Wildman–Crippen LogP) is 3.94. The molecule has 2 nitrogen and oxygen atoms in total. The maximum atomic E-state index is 5.84. The van der Waals surface area contributed by atoms with E-state index in [1.165, 1.54) is 11.1 Å². The molecule has 0 aliphatic heterocycles. The summed E-state index contributed by atoms with van der Waals surface area (Å²) in [6, 6.07) is 20.8. The van der Waals surface area contributed by atoms with E-state index in [-0.39, 0.29) is 6.10 Å².